The summed E-state index contributed by atoms with van der Waals surface area (Å²) in [5.41, 5.74) is 0. The predicted molar refractivity (Wildman–Crippen MR) is 218 cm³/mol. The van der Waals surface area contributed by atoms with Gasteiger partial charge in [0.15, 0.2) is 0 Å². The molecule has 0 aliphatic rings. The molecule has 53 heavy (non-hydrogen) atoms. The second-order valence-electron chi connectivity index (χ2n) is 15.6. The third kappa shape index (κ3) is 29.1. The van der Waals surface area contributed by atoms with Crippen LogP contribution in [-0.2, 0) is 25.6 Å². The smallest absolute Gasteiger partial charge is 0.306 e. The van der Waals surface area contributed by atoms with Crippen LogP contribution < -0.4 is 0 Å². The van der Waals surface area contributed by atoms with Crippen LogP contribution in [0.25, 0.3) is 0 Å². The van der Waals surface area contributed by atoms with Gasteiger partial charge >= 0.3 is 11.9 Å². The zero-order valence-corrected chi connectivity index (χ0v) is 34.8. The van der Waals surface area contributed by atoms with E-state index in [0.717, 1.165) is 96.6 Å². The van der Waals surface area contributed by atoms with E-state index in [9.17, 15) is 19.8 Å². The molecule has 0 radical (unpaired) electrons. The number of aromatic nitrogens is 2. The minimum absolute atomic E-state index is 0.0347. The zero-order chi connectivity index (χ0) is 38.8. The summed E-state index contributed by atoms with van der Waals surface area (Å²) in [5.74, 6) is -0.185. The number of carbonyl (C=O) groups is 2. The number of unbranched alkanes of at least 4 members (excludes halogenated alkanes) is 14. The highest BCUT2D eigenvalue weighted by Gasteiger charge is 2.17. The molecule has 0 saturated heterocycles. The molecule has 0 spiro atoms. The van der Waals surface area contributed by atoms with Crippen molar-refractivity contribution in [3.8, 4) is 0 Å². The summed E-state index contributed by atoms with van der Waals surface area (Å²) in [7, 11) is 0. The molecule has 2 N–H and O–H groups in total. The lowest BCUT2D eigenvalue weighted by molar-refractivity contribution is -0.150. The van der Waals surface area contributed by atoms with Gasteiger partial charge in [-0.25, -0.2) is 4.98 Å². The Kier molecular flexibility index (Phi) is 31.9. The molecule has 9 nitrogen and oxygen atoms in total. The lowest BCUT2D eigenvalue weighted by atomic mass is 10.1. The van der Waals surface area contributed by atoms with Crippen LogP contribution in [0, 0.1) is 0 Å². The number of aliphatic hydroxyl groups excluding tert-OH is 2. The fourth-order valence-corrected chi connectivity index (χ4v) is 7.07. The topological polar surface area (TPSA) is 114 Å². The van der Waals surface area contributed by atoms with E-state index in [1.54, 1.807) is 6.20 Å². The Morgan fingerprint density at radius 1 is 0.604 bits per heavy atom. The van der Waals surface area contributed by atoms with Crippen LogP contribution in [-0.4, -0.2) is 80.7 Å². The average molecular weight is 750 g/mol. The fourth-order valence-electron chi connectivity index (χ4n) is 7.07. The second kappa shape index (κ2) is 34.5. The van der Waals surface area contributed by atoms with Gasteiger partial charge in [0.05, 0.1) is 18.5 Å². The van der Waals surface area contributed by atoms with Gasteiger partial charge in [0.1, 0.15) is 12.2 Å². The maximum absolute atomic E-state index is 12.4. The first-order valence-corrected chi connectivity index (χ1v) is 22.2. The van der Waals surface area contributed by atoms with Crippen LogP contribution in [0.15, 0.2) is 18.7 Å². The third-order valence-electron chi connectivity index (χ3n) is 10.5. The number of rotatable bonds is 38. The molecule has 1 aromatic heterocycles. The Bertz CT molecular complexity index is 905. The van der Waals surface area contributed by atoms with Crippen molar-refractivity contribution in [2.45, 2.75) is 232 Å². The van der Waals surface area contributed by atoms with Gasteiger partial charge in [-0.15, -0.1) is 0 Å². The number of aryl methyl sites for hydroxylation is 1. The minimum Gasteiger partial charge on any atom is -0.462 e. The van der Waals surface area contributed by atoms with Crippen LogP contribution in [0.4, 0.5) is 0 Å². The summed E-state index contributed by atoms with van der Waals surface area (Å²) >= 11 is 0. The van der Waals surface area contributed by atoms with Crippen molar-refractivity contribution in [2.75, 3.05) is 19.6 Å². The number of imidazole rings is 1. The van der Waals surface area contributed by atoms with Gasteiger partial charge in [-0.2, -0.15) is 0 Å². The van der Waals surface area contributed by atoms with E-state index in [0.29, 0.717) is 38.8 Å². The van der Waals surface area contributed by atoms with Gasteiger partial charge in [-0.3, -0.25) is 14.5 Å². The Hall–Kier alpha value is -1.97. The van der Waals surface area contributed by atoms with Crippen molar-refractivity contribution in [3.05, 3.63) is 18.7 Å². The standard InChI is InChI=1S/C44H83N3O6/c1-5-9-11-13-15-21-28-41(7-3)52-43(50)30-23-17-19-26-39(48)36-47(34-25-33-46-35-32-45-38-46)37-40(49)27-20-18-24-31-44(51)53-42(8-4)29-22-16-14-12-10-6-2/h32,35,38-42,48-49H,5-31,33-34,36-37H2,1-4H3/t39-,40-,41?,42?/m1/s1. The normalized spacial score (nSPS) is 13.9. The Morgan fingerprint density at radius 3 is 1.47 bits per heavy atom. The van der Waals surface area contributed by atoms with Crippen molar-refractivity contribution in [1.29, 1.82) is 0 Å². The average Bonchev–Trinajstić information content (AvgIpc) is 3.66. The molecule has 310 valence electrons. The lowest BCUT2D eigenvalue weighted by Gasteiger charge is -2.27. The summed E-state index contributed by atoms with van der Waals surface area (Å²) in [6.07, 6.45) is 31.4. The van der Waals surface area contributed by atoms with Crippen LogP contribution in [0.5, 0.6) is 0 Å². The van der Waals surface area contributed by atoms with Crippen LogP contribution in [0.2, 0.25) is 0 Å². The minimum atomic E-state index is -0.483. The highest BCUT2D eigenvalue weighted by molar-refractivity contribution is 5.69. The number of nitrogens with zero attached hydrogens (tertiary/aromatic N) is 3. The summed E-state index contributed by atoms with van der Waals surface area (Å²) in [6, 6.07) is 0. The van der Waals surface area contributed by atoms with Crippen LogP contribution >= 0.6 is 0 Å². The molecule has 1 heterocycles. The number of carbonyl (C=O) groups excluding carboxylic acids is 2. The zero-order valence-electron chi connectivity index (χ0n) is 34.8. The summed E-state index contributed by atoms with van der Waals surface area (Å²) in [5, 5.41) is 21.8. The Balaban J connectivity index is 2.33. The van der Waals surface area contributed by atoms with E-state index < -0.39 is 12.2 Å². The molecule has 1 rings (SSSR count). The van der Waals surface area contributed by atoms with E-state index >= 15 is 0 Å². The van der Waals surface area contributed by atoms with E-state index in [4.69, 9.17) is 9.47 Å². The SMILES string of the molecule is CCCCCCCCC(CC)OC(=O)CCCCC[C@@H](O)CN(CCCn1ccnc1)C[C@H](O)CCCCCC(=O)OC(CC)CCCCCCCC. The van der Waals surface area contributed by atoms with Crippen molar-refractivity contribution in [2.24, 2.45) is 0 Å². The van der Waals surface area contributed by atoms with E-state index in [1.807, 2.05) is 12.5 Å². The monoisotopic (exact) mass is 750 g/mol. The van der Waals surface area contributed by atoms with Crippen molar-refractivity contribution in [1.82, 2.24) is 14.5 Å². The molecule has 0 aromatic carbocycles. The van der Waals surface area contributed by atoms with Crippen molar-refractivity contribution >= 4 is 11.9 Å². The predicted octanol–water partition coefficient (Wildman–Crippen LogP) is 10.3. The van der Waals surface area contributed by atoms with Crippen LogP contribution in [0.3, 0.4) is 0 Å². The molecule has 2 unspecified atom stereocenters. The molecular weight excluding hydrogens is 666 g/mol. The van der Waals surface area contributed by atoms with Gasteiger partial charge in [0.2, 0.25) is 0 Å². The first kappa shape index (κ1) is 49.0. The highest BCUT2D eigenvalue weighted by atomic mass is 16.5. The third-order valence-corrected chi connectivity index (χ3v) is 10.5. The van der Waals surface area contributed by atoms with Gasteiger partial charge in [-0.1, -0.05) is 118 Å². The molecule has 1 aromatic rings. The van der Waals surface area contributed by atoms with E-state index in [1.165, 1.54) is 64.2 Å². The van der Waals surface area contributed by atoms with Gasteiger partial charge in [0, 0.05) is 51.4 Å². The Labute approximate surface area is 325 Å². The maximum Gasteiger partial charge on any atom is 0.306 e. The number of hydrogen-bond donors (Lipinski definition) is 2. The summed E-state index contributed by atoms with van der Waals surface area (Å²) in [4.78, 5) is 31.2. The number of hydrogen-bond acceptors (Lipinski definition) is 8. The van der Waals surface area contributed by atoms with Gasteiger partial charge in [0.25, 0.3) is 0 Å². The molecule has 0 fully saturated rings. The second-order valence-corrected chi connectivity index (χ2v) is 15.6. The maximum atomic E-state index is 12.4. The first-order chi connectivity index (χ1) is 25.8. The summed E-state index contributed by atoms with van der Waals surface area (Å²) < 4.78 is 13.6. The highest BCUT2D eigenvalue weighted by Crippen LogP contribution is 2.17. The molecule has 4 atom stereocenters. The van der Waals surface area contributed by atoms with Crippen molar-refractivity contribution in [3.63, 3.8) is 0 Å². The quantitative estimate of drug-likeness (QED) is 0.0507. The number of esters is 2. The van der Waals surface area contributed by atoms with E-state index in [2.05, 4.69) is 42.1 Å². The largest absolute Gasteiger partial charge is 0.462 e. The molecule has 0 saturated carbocycles. The molecule has 0 amide bonds. The Morgan fingerprint density at radius 2 is 1.04 bits per heavy atom. The first-order valence-electron chi connectivity index (χ1n) is 22.2. The molecular formula is C44H83N3O6. The number of aliphatic hydroxyl groups is 2. The van der Waals surface area contributed by atoms with Crippen LogP contribution in [0.1, 0.15) is 201 Å². The molecule has 0 bridgehead atoms. The van der Waals surface area contributed by atoms with E-state index in [-0.39, 0.29) is 24.1 Å². The van der Waals surface area contributed by atoms with Gasteiger partial charge in [-0.05, 0) is 70.6 Å². The van der Waals surface area contributed by atoms with Crippen molar-refractivity contribution < 1.29 is 29.3 Å². The van der Waals surface area contributed by atoms with Gasteiger partial charge < -0.3 is 24.3 Å². The molecule has 0 aliphatic heterocycles. The number of ether oxygens (including phenoxy) is 2. The molecule has 9 heteroatoms. The fraction of sp³-hybridized carbons (Fsp3) is 0.886. The summed E-state index contributed by atoms with van der Waals surface area (Å²) in [6.45, 7) is 11.3. The lowest BCUT2D eigenvalue weighted by Crippen LogP contribution is -2.39. The molecule has 0 aliphatic carbocycles.